The highest BCUT2D eigenvalue weighted by Crippen LogP contribution is 2.20. The SMILES string of the molecule is CCNC(c1csnn1)c1ncnn1C(C)C. The standard InChI is InChI=1S/C10H16N6S/c1-4-11-9(8-5-17-15-14-8)10-12-6-13-16(10)7(2)3/h5-7,9,11H,4H2,1-3H3. The van der Waals surface area contributed by atoms with Gasteiger partial charge in [0.2, 0.25) is 0 Å². The van der Waals surface area contributed by atoms with Crippen molar-refractivity contribution in [3.8, 4) is 0 Å². The molecule has 0 amide bonds. The third-order valence-corrected chi connectivity index (χ3v) is 2.95. The Hall–Kier alpha value is -1.34. The smallest absolute Gasteiger partial charge is 0.150 e. The monoisotopic (exact) mass is 252 g/mol. The topological polar surface area (TPSA) is 68.5 Å². The molecular weight excluding hydrogens is 236 g/mol. The molecule has 0 aromatic carbocycles. The van der Waals surface area contributed by atoms with Crippen LogP contribution in [0.4, 0.5) is 0 Å². The van der Waals surface area contributed by atoms with Crippen molar-refractivity contribution in [2.45, 2.75) is 32.9 Å². The Morgan fingerprint density at radius 3 is 2.88 bits per heavy atom. The zero-order chi connectivity index (χ0) is 12.3. The number of nitrogens with one attached hydrogen (secondary N) is 1. The summed E-state index contributed by atoms with van der Waals surface area (Å²) in [6.07, 6.45) is 1.58. The van der Waals surface area contributed by atoms with Crippen LogP contribution in [0.5, 0.6) is 0 Å². The van der Waals surface area contributed by atoms with Gasteiger partial charge in [-0.25, -0.2) is 9.67 Å². The van der Waals surface area contributed by atoms with Crippen molar-refractivity contribution < 1.29 is 0 Å². The van der Waals surface area contributed by atoms with Gasteiger partial charge in [0.25, 0.3) is 0 Å². The van der Waals surface area contributed by atoms with E-state index < -0.39 is 0 Å². The normalized spacial score (nSPS) is 13.2. The maximum Gasteiger partial charge on any atom is 0.150 e. The van der Waals surface area contributed by atoms with Crippen LogP contribution in [0.15, 0.2) is 11.7 Å². The van der Waals surface area contributed by atoms with E-state index in [1.54, 1.807) is 6.33 Å². The summed E-state index contributed by atoms with van der Waals surface area (Å²) in [4.78, 5) is 4.34. The summed E-state index contributed by atoms with van der Waals surface area (Å²) in [6, 6.07) is 0.240. The van der Waals surface area contributed by atoms with Gasteiger partial charge in [-0.3, -0.25) is 0 Å². The van der Waals surface area contributed by atoms with Gasteiger partial charge in [0, 0.05) is 11.4 Å². The van der Waals surface area contributed by atoms with Gasteiger partial charge in [0.1, 0.15) is 18.1 Å². The lowest BCUT2D eigenvalue weighted by Crippen LogP contribution is -2.26. The van der Waals surface area contributed by atoms with Crippen molar-refractivity contribution in [2.24, 2.45) is 0 Å². The van der Waals surface area contributed by atoms with Crippen LogP contribution >= 0.6 is 11.5 Å². The summed E-state index contributed by atoms with van der Waals surface area (Å²) in [5.41, 5.74) is 0.895. The quantitative estimate of drug-likeness (QED) is 0.871. The maximum absolute atomic E-state index is 4.34. The Labute approximate surface area is 104 Å². The first kappa shape index (κ1) is 12.1. The first-order chi connectivity index (χ1) is 8.24. The van der Waals surface area contributed by atoms with Gasteiger partial charge >= 0.3 is 0 Å². The van der Waals surface area contributed by atoms with Gasteiger partial charge in [-0.15, -0.1) is 5.10 Å². The van der Waals surface area contributed by atoms with Crippen molar-refractivity contribution in [1.29, 1.82) is 0 Å². The number of nitrogens with zero attached hydrogens (tertiary/aromatic N) is 5. The average molecular weight is 252 g/mol. The molecule has 0 saturated carbocycles. The van der Waals surface area contributed by atoms with Crippen LogP contribution < -0.4 is 5.32 Å². The molecule has 0 saturated heterocycles. The highest BCUT2D eigenvalue weighted by molar-refractivity contribution is 7.03. The molecule has 2 heterocycles. The fourth-order valence-corrected chi connectivity index (χ4v) is 2.17. The highest BCUT2D eigenvalue weighted by atomic mass is 32.1. The minimum atomic E-state index is -0.0383. The molecule has 0 aliphatic carbocycles. The van der Waals surface area contributed by atoms with Crippen molar-refractivity contribution in [1.82, 2.24) is 29.7 Å². The van der Waals surface area contributed by atoms with Crippen LogP contribution in [-0.2, 0) is 0 Å². The lowest BCUT2D eigenvalue weighted by molar-refractivity contribution is 0.465. The Morgan fingerprint density at radius 2 is 2.29 bits per heavy atom. The van der Waals surface area contributed by atoms with Crippen molar-refractivity contribution in [3.63, 3.8) is 0 Å². The summed E-state index contributed by atoms with van der Waals surface area (Å²) in [5.74, 6) is 0.884. The number of rotatable bonds is 5. The summed E-state index contributed by atoms with van der Waals surface area (Å²) in [6.45, 7) is 7.07. The van der Waals surface area contributed by atoms with Crippen LogP contribution in [0, 0.1) is 0 Å². The second-order valence-electron chi connectivity index (χ2n) is 3.98. The summed E-state index contributed by atoms with van der Waals surface area (Å²) >= 11 is 1.35. The van der Waals surface area contributed by atoms with Gasteiger partial charge in [0.15, 0.2) is 5.82 Å². The molecule has 17 heavy (non-hydrogen) atoms. The Bertz CT molecular complexity index is 449. The van der Waals surface area contributed by atoms with Crippen molar-refractivity contribution in [2.75, 3.05) is 6.54 Å². The van der Waals surface area contributed by atoms with E-state index in [4.69, 9.17) is 0 Å². The van der Waals surface area contributed by atoms with Gasteiger partial charge in [0.05, 0.1) is 0 Å². The number of aromatic nitrogens is 5. The lowest BCUT2D eigenvalue weighted by atomic mass is 10.2. The average Bonchev–Trinajstić information content (AvgIpc) is 2.96. The number of hydrogen-bond acceptors (Lipinski definition) is 6. The molecule has 2 aromatic rings. The first-order valence-corrected chi connectivity index (χ1v) is 6.47. The second kappa shape index (κ2) is 5.33. The van der Waals surface area contributed by atoms with E-state index in [0.717, 1.165) is 18.1 Å². The molecule has 2 rings (SSSR count). The second-order valence-corrected chi connectivity index (χ2v) is 4.59. The molecule has 0 aliphatic rings. The zero-order valence-electron chi connectivity index (χ0n) is 10.2. The summed E-state index contributed by atoms with van der Waals surface area (Å²) < 4.78 is 5.81. The largest absolute Gasteiger partial charge is 0.303 e. The Balaban J connectivity index is 2.36. The molecule has 1 N–H and O–H groups in total. The molecule has 0 fully saturated rings. The Morgan fingerprint density at radius 1 is 1.47 bits per heavy atom. The van der Waals surface area contributed by atoms with E-state index in [0.29, 0.717) is 0 Å². The highest BCUT2D eigenvalue weighted by Gasteiger charge is 2.22. The molecular formula is C10H16N6S. The molecule has 0 aliphatic heterocycles. The van der Waals surface area contributed by atoms with Crippen LogP contribution in [0.3, 0.4) is 0 Å². The van der Waals surface area contributed by atoms with E-state index in [9.17, 15) is 0 Å². The molecule has 0 radical (unpaired) electrons. The van der Waals surface area contributed by atoms with Crippen LogP contribution in [0.25, 0.3) is 0 Å². The van der Waals surface area contributed by atoms with Gasteiger partial charge < -0.3 is 5.32 Å². The maximum atomic E-state index is 4.34. The third-order valence-electron chi connectivity index (χ3n) is 2.43. The number of hydrogen-bond donors (Lipinski definition) is 1. The van der Waals surface area contributed by atoms with Gasteiger partial charge in [-0.05, 0) is 31.9 Å². The fourth-order valence-electron chi connectivity index (χ4n) is 1.69. The minimum Gasteiger partial charge on any atom is -0.303 e. The lowest BCUT2D eigenvalue weighted by Gasteiger charge is -2.17. The van der Waals surface area contributed by atoms with E-state index in [-0.39, 0.29) is 12.1 Å². The molecule has 7 heteroatoms. The van der Waals surface area contributed by atoms with Crippen LogP contribution in [-0.4, -0.2) is 30.9 Å². The predicted molar refractivity (Wildman–Crippen MR) is 65.8 cm³/mol. The molecule has 0 spiro atoms. The molecule has 2 aromatic heterocycles. The predicted octanol–water partition coefficient (Wildman–Crippen LogP) is 1.41. The molecule has 1 atom stereocenters. The van der Waals surface area contributed by atoms with Crippen molar-refractivity contribution in [3.05, 3.63) is 23.2 Å². The molecule has 1 unspecified atom stereocenters. The van der Waals surface area contributed by atoms with Crippen molar-refractivity contribution >= 4 is 11.5 Å². The van der Waals surface area contributed by atoms with Crippen LogP contribution in [0.1, 0.15) is 44.4 Å². The molecule has 6 nitrogen and oxygen atoms in total. The van der Waals surface area contributed by atoms with Gasteiger partial charge in [-0.2, -0.15) is 5.10 Å². The summed E-state index contributed by atoms with van der Waals surface area (Å²) in [7, 11) is 0. The third kappa shape index (κ3) is 2.50. The van der Waals surface area contributed by atoms with E-state index >= 15 is 0 Å². The molecule has 92 valence electrons. The van der Waals surface area contributed by atoms with Crippen LogP contribution in [0.2, 0.25) is 0 Å². The van der Waals surface area contributed by atoms with E-state index in [1.807, 2.05) is 10.1 Å². The first-order valence-electron chi connectivity index (χ1n) is 5.63. The molecule has 0 bridgehead atoms. The Kier molecular flexibility index (Phi) is 3.80. The zero-order valence-corrected chi connectivity index (χ0v) is 11.0. The fraction of sp³-hybridized carbons (Fsp3) is 0.600. The van der Waals surface area contributed by atoms with E-state index in [1.165, 1.54) is 11.5 Å². The minimum absolute atomic E-state index is 0.0383. The summed E-state index contributed by atoms with van der Waals surface area (Å²) in [5, 5.41) is 13.7. The van der Waals surface area contributed by atoms with Gasteiger partial charge in [-0.1, -0.05) is 11.4 Å². The van der Waals surface area contributed by atoms with E-state index in [2.05, 4.69) is 45.8 Å².